The largest absolute Gasteiger partial charge is 0.390 e. The van der Waals surface area contributed by atoms with E-state index in [0.717, 1.165) is 56.6 Å². The number of anilines is 2. The molecule has 2 aromatic heterocycles. The van der Waals surface area contributed by atoms with E-state index < -0.39 is 12.0 Å². The van der Waals surface area contributed by atoms with E-state index in [9.17, 15) is 13.9 Å². The summed E-state index contributed by atoms with van der Waals surface area (Å²) >= 11 is 0. The minimum atomic E-state index is -2.56. The number of aliphatic hydroxyl groups is 1. The topological polar surface area (TPSA) is 82.3 Å². The van der Waals surface area contributed by atoms with Gasteiger partial charge < -0.3 is 20.2 Å². The van der Waals surface area contributed by atoms with Gasteiger partial charge in [0.15, 0.2) is 5.65 Å². The van der Waals surface area contributed by atoms with Crippen molar-refractivity contribution in [2.75, 3.05) is 43.4 Å². The number of likely N-dealkylation sites (N-methyl/N-ethyl adjacent to an activating group) is 1. The first kappa shape index (κ1) is 23.9. The van der Waals surface area contributed by atoms with Gasteiger partial charge in [-0.15, -0.1) is 0 Å². The van der Waals surface area contributed by atoms with Crippen molar-refractivity contribution in [1.82, 2.24) is 24.6 Å². The summed E-state index contributed by atoms with van der Waals surface area (Å²) in [5.41, 5.74) is 0.352. The Hall–Kier alpha value is -2.85. The molecular formula is C25H33F2N7O. The van der Waals surface area contributed by atoms with Crippen LogP contribution in [0, 0.1) is 5.92 Å². The number of hydrogen-bond donors (Lipinski definition) is 2. The first-order chi connectivity index (χ1) is 16.7. The number of fused-ring (bicyclic) bond motifs is 1. The molecule has 1 atom stereocenters. The molecule has 2 saturated heterocycles. The lowest BCUT2D eigenvalue weighted by atomic mass is 9.83. The standard InChI is InChI=1S/C25H33F2N7O/c1-25(2,35)17-7-11-33(12-8-17)22-20-14-28-34(19-6-4-5-16(13-19)21(26)27)23(20)31-24(30-22)29-18-9-10-32(3)15-18/h4-6,13-14,17-18,21,35H,7-12,15H2,1-3H3,(H,29,30,31)/t18-/m0/s1. The number of piperidine rings is 1. The third-order valence-electron chi connectivity index (χ3n) is 7.29. The number of alkyl halides is 2. The monoisotopic (exact) mass is 485 g/mol. The second-order valence-corrected chi connectivity index (χ2v) is 10.4. The molecule has 4 heterocycles. The molecule has 0 amide bonds. The van der Waals surface area contributed by atoms with Gasteiger partial charge in [0.05, 0.1) is 22.9 Å². The Bertz CT molecular complexity index is 1180. The zero-order valence-electron chi connectivity index (χ0n) is 20.5. The van der Waals surface area contributed by atoms with E-state index in [4.69, 9.17) is 9.97 Å². The fourth-order valence-corrected chi connectivity index (χ4v) is 5.21. The van der Waals surface area contributed by atoms with E-state index in [1.165, 1.54) is 12.1 Å². The van der Waals surface area contributed by atoms with Crippen LogP contribution in [-0.2, 0) is 0 Å². The van der Waals surface area contributed by atoms with Crippen LogP contribution in [0.1, 0.15) is 45.1 Å². The molecule has 0 radical (unpaired) electrons. The van der Waals surface area contributed by atoms with Crippen LogP contribution in [0.2, 0.25) is 0 Å². The molecule has 0 unspecified atom stereocenters. The first-order valence-electron chi connectivity index (χ1n) is 12.3. The van der Waals surface area contributed by atoms with Crippen molar-refractivity contribution < 1.29 is 13.9 Å². The highest BCUT2D eigenvalue weighted by atomic mass is 19.3. The summed E-state index contributed by atoms with van der Waals surface area (Å²) in [6.07, 6.45) is 1.87. The van der Waals surface area contributed by atoms with E-state index in [2.05, 4.69) is 27.3 Å². The van der Waals surface area contributed by atoms with Crippen molar-refractivity contribution in [2.24, 2.45) is 5.92 Å². The maximum absolute atomic E-state index is 13.4. The summed E-state index contributed by atoms with van der Waals surface area (Å²) < 4.78 is 28.3. The first-order valence-corrected chi connectivity index (χ1v) is 12.3. The number of hydrogen-bond acceptors (Lipinski definition) is 7. The van der Waals surface area contributed by atoms with Gasteiger partial charge in [-0.3, -0.25) is 0 Å². The van der Waals surface area contributed by atoms with Gasteiger partial charge in [-0.1, -0.05) is 12.1 Å². The summed E-state index contributed by atoms with van der Waals surface area (Å²) in [5, 5.41) is 19.3. The molecule has 5 rings (SSSR count). The normalized spacial score (nSPS) is 20.3. The third kappa shape index (κ3) is 4.95. The van der Waals surface area contributed by atoms with E-state index in [1.54, 1.807) is 23.0 Å². The molecular weight excluding hydrogens is 452 g/mol. The van der Waals surface area contributed by atoms with E-state index in [0.29, 0.717) is 17.3 Å². The average molecular weight is 486 g/mol. The summed E-state index contributed by atoms with van der Waals surface area (Å²) in [7, 11) is 2.09. The van der Waals surface area contributed by atoms with Gasteiger partial charge in [0.25, 0.3) is 6.43 Å². The predicted molar refractivity (Wildman–Crippen MR) is 132 cm³/mol. The molecule has 2 fully saturated rings. The average Bonchev–Trinajstić information content (AvgIpc) is 3.44. The molecule has 0 aliphatic carbocycles. The summed E-state index contributed by atoms with van der Waals surface area (Å²) in [6, 6.07) is 6.48. The molecule has 2 aliphatic rings. The lowest BCUT2D eigenvalue weighted by molar-refractivity contribution is 0.00648. The van der Waals surface area contributed by atoms with Crippen LogP contribution in [0.25, 0.3) is 16.7 Å². The Morgan fingerprint density at radius 2 is 1.89 bits per heavy atom. The highest BCUT2D eigenvalue weighted by molar-refractivity contribution is 5.89. The predicted octanol–water partition coefficient (Wildman–Crippen LogP) is 3.86. The van der Waals surface area contributed by atoms with E-state index in [1.807, 2.05) is 13.8 Å². The lowest BCUT2D eigenvalue weighted by Crippen LogP contribution is -2.42. The molecule has 0 spiro atoms. The van der Waals surface area contributed by atoms with E-state index >= 15 is 0 Å². The molecule has 3 aromatic rings. The van der Waals surface area contributed by atoms with Crippen LogP contribution in [0.15, 0.2) is 30.5 Å². The Kier molecular flexibility index (Phi) is 6.35. The second kappa shape index (κ2) is 9.31. The van der Waals surface area contributed by atoms with Crippen molar-refractivity contribution in [2.45, 2.75) is 51.2 Å². The molecule has 8 nitrogen and oxygen atoms in total. The van der Waals surface area contributed by atoms with Crippen LogP contribution in [-0.4, -0.2) is 74.6 Å². The highest BCUT2D eigenvalue weighted by Crippen LogP contribution is 2.34. The number of benzene rings is 1. The van der Waals surface area contributed by atoms with Gasteiger partial charge in [-0.2, -0.15) is 15.1 Å². The van der Waals surface area contributed by atoms with Crippen molar-refractivity contribution in [1.29, 1.82) is 0 Å². The maximum Gasteiger partial charge on any atom is 0.263 e. The van der Waals surface area contributed by atoms with Gasteiger partial charge in [-0.05, 0) is 64.8 Å². The third-order valence-corrected chi connectivity index (χ3v) is 7.29. The summed E-state index contributed by atoms with van der Waals surface area (Å²) in [4.78, 5) is 14.2. The molecule has 0 saturated carbocycles. The maximum atomic E-state index is 13.4. The van der Waals surface area contributed by atoms with Crippen LogP contribution in [0.5, 0.6) is 0 Å². The second-order valence-electron chi connectivity index (χ2n) is 10.4. The number of aromatic nitrogens is 4. The Morgan fingerprint density at radius 3 is 2.54 bits per heavy atom. The summed E-state index contributed by atoms with van der Waals surface area (Å²) in [5.74, 6) is 1.53. The zero-order valence-corrected chi connectivity index (χ0v) is 20.5. The molecule has 2 aliphatic heterocycles. The van der Waals surface area contributed by atoms with Crippen LogP contribution in [0.3, 0.4) is 0 Å². The van der Waals surface area contributed by atoms with Gasteiger partial charge in [-0.25, -0.2) is 13.5 Å². The van der Waals surface area contributed by atoms with Crippen molar-refractivity contribution in [3.63, 3.8) is 0 Å². The highest BCUT2D eigenvalue weighted by Gasteiger charge is 2.32. The number of nitrogens with zero attached hydrogens (tertiary/aromatic N) is 6. The Morgan fingerprint density at radius 1 is 1.11 bits per heavy atom. The SMILES string of the molecule is CN1CC[C@H](Nc2nc(N3CCC(C(C)(C)O)CC3)c3cnn(-c4cccc(C(F)F)c4)c3n2)C1. The summed E-state index contributed by atoms with van der Waals surface area (Å²) in [6.45, 7) is 7.18. The van der Waals surface area contributed by atoms with E-state index in [-0.39, 0.29) is 17.5 Å². The van der Waals surface area contributed by atoms with Crippen LogP contribution < -0.4 is 10.2 Å². The quantitative estimate of drug-likeness (QED) is 0.549. The molecule has 0 bridgehead atoms. The number of rotatable bonds is 6. The molecule has 188 valence electrons. The van der Waals surface area contributed by atoms with Crippen LogP contribution in [0.4, 0.5) is 20.5 Å². The number of nitrogens with one attached hydrogen (secondary N) is 1. The number of likely N-dealkylation sites (tertiary alicyclic amines) is 1. The fourth-order valence-electron chi connectivity index (χ4n) is 5.21. The van der Waals surface area contributed by atoms with Crippen molar-refractivity contribution >= 4 is 22.8 Å². The molecule has 1 aromatic carbocycles. The zero-order chi connectivity index (χ0) is 24.7. The number of halogens is 2. The van der Waals surface area contributed by atoms with Gasteiger partial charge in [0.1, 0.15) is 5.82 Å². The van der Waals surface area contributed by atoms with Gasteiger partial charge in [0.2, 0.25) is 5.95 Å². The minimum Gasteiger partial charge on any atom is -0.390 e. The smallest absolute Gasteiger partial charge is 0.263 e. The lowest BCUT2D eigenvalue weighted by Gasteiger charge is -2.38. The van der Waals surface area contributed by atoms with Crippen molar-refractivity contribution in [3.8, 4) is 5.69 Å². The fraction of sp³-hybridized carbons (Fsp3) is 0.560. The van der Waals surface area contributed by atoms with Gasteiger partial charge in [0, 0.05) is 31.2 Å². The minimum absolute atomic E-state index is 0.0542. The molecule has 10 heteroatoms. The Labute approximate surface area is 204 Å². The molecule has 2 N–H and O–H groups in total. The van der Waals surface area contributed by atoms with Crippen LogP contribution >= 0.6 is 0 Å². The van der Waals surface area contributed by atoms with Gasteiger partial charge >= 0.3 is 0 Å². The molecule has 35 heavy (non-hydrogen) atoms. The Balaban J connectivity index is 1.54. The van der Waals surface area contributed by atoms with Crippen molar-refractivity contribution in [3.05, 3.63) is 36.0 Å².